The van der Waals surface area contributed by atoms with Gasteiger partial charge in [0, 0.05) is 52.4 Å². The van der Waals surface area contributed by atoms with Gasteiger partial charge < -0.3 is 10.6 Å². The van der Waals surface area contributed by atoms with Crippen molar-refractivity contribution in [2.24, 2.45) is 5.18 Å². The molecule has 0 atom stereocenters. The van der Waals surface area contributed by atoms with Crippen LogP contribution in [0.1, 0.15) is 17.2 Å². The summed E-state index contributed by atoms with van der Waals surface area (Å²) in [6.45, 7) is 3.84. The fourth-order valence-electron chi connectivity index (χ4n) is 4.69. The lowest BCUT2D eigenvalue weighted by molar-refractivity contribution is 0.360. The van der Waals surface area contributed by atoms with E-state index in [0.29, 0.717) is 74.6 Å². The Balaban J connectivity index is 1.52. The molecule has 5 rings (SSSR count). The molecule has 1 aliphatic carbocycles. The SMILES string of the molecule is O=NC1c2cc(S(=O)(=O)N3CCNCC3)ccc2-c2ccc(S(=O)(=O)N3CCNCC3)cc21. The highest BCUT2D eigenvalue weighted by Crippen LogP contribution is 2.47. The predicted octanol–water partition coefficient (Wildman–Crippen LogP) is 0.711. The maximum Gasteiger partial charge on any atom is 0.243 e. The number of nitrogens with one attached hydrogen (secondary N) is 2. The summed E-state index contributed by atoms with van der Waals surface area (Å²) in [4.78, 5) is 12.1. The normalized spacial score (nSPS) is 20.4. The number of benzene rings is 2. The van der Waals surface area contributed by atoms with Crippen molar-refractivity contribution in [3.63, 3.8) is 0 Å². The van der Waals surface area contributed by atoms with Gasteiger partial charge in [-0.25, -0.2) is 16.8 Å². The van der Waals surface area contributed by atoms with E-state index in [0.717, 1.165) is 0 Å². The summed E-state index contributed by atoms with van der Waals surface area (Å²) >= 11 is 0. The molecule has 0 radical (unpaired) electrons. The molecule has 3 aliphatic rings. The van der Waals surface area contributed by atoms with E-state index in [-0.39, 0.29) is 9.79 Å². The molecule has 2 N–H and O–H groups in total. The molecule has 176 valence electrons. The summed E-state index contributed by atoms with van der Waals surface area (Å²) in [5.41, 5.74) is 2.35. The van der Waals surface area contributed by atoms with E-state index < -0.39 is 26.1 Å². The first-order chi connectivity index (χ1) is 15.8. The molecule has 2 heterocycles. The molecule has 0 bridgehead atoms. The molecule has 0 saturated carbocycles. The summed E-state index contributed by atoms with van der Waals surface area (Å²) in [5, 5.41) is 9.52. The van der Waals surface area contributed by atoms with E-state index in [2.05, 4.69) is 15.8 Å². The fourth-order valence-corrected chi connectivity index (χ4v) is 7.65. The second kappa shape index (κ2) is 8.53. The largest absolute Gasteiger partial charge is 0.314 e. The van der Waals surface area contributed by atoms with Crippen LogP contribution in [-0.4, -0.2) is 77.8 Å². The van der Waals surface area contributed by atoms with Gasteiger partial charge in [0.1, 0.15) is 6.04 Å². The average Bonchev–Trinajstić information content (AvgIpc) is 3.17. The standard InChI is InChI=1S/C21H25N5O5S2/c27-24-21-19-13-15(32(28,29)25-9-5-22-6-10-25)1-3-17(19)18-4-2-16(14-20(18)21)33(30,31)26-11-7-23-8-12-26/h1-4,13-14,21-23H,5-12H2. The number of hydrogen-bond acceptors (Lipinski definition) is 8. The van der Waals surface area contributed by atoms with Gasteiger partial charge in [0.15, 0.2) is 0 Å². The zero-order valence-electron chi connectivity index (χ0n) is 17.9. The average molecular weight is 492 g/mol. The molecule has 2 saturated heterocycles. The lowest BCUT2D eigenvalue weighted by Crippen LogP contribution is -2.46. The van der Waals surface area contributed by atoms with Gasteiger partial charge in [0.2, 0.25) is 20.0 Å². The van der Waals surface area contributed by atoms with Gasteiger partial charge in [-0.05, 0) is 46.5 Å². The molecule has 0 spiro atoms. The molecular weight excluding hydrogens is 466 g/mol. The fraction of sp³-hybridized carbons (Fsp3) is 0.429. The van der Waals surface area contributed by atoms with Crippen LogP contribution in [-0.2, 0) is 20.0 Å². The van der Waals surface area contributed by atoms with E-state index in [1.807, 2.05) is 0 Å². The van der Waals surface area contributed by atoms with E-state index in [1.165, 1.54) is 20.7 Å². The quantitative estimate of drug-likeness (QED) is 0.590. The molecule has 2 aromatic carbocycles. The molecular formula is C21H25N5O5S2. The van der Waals surface area contributed by atoms with Gasteiger partial charge in [0.05, 0.1) is 9.79 Å². The van der Waals surface area contributed by atoms with Gasteiger partial charge in [0.25, 0.3) is 0 Å². The Morgan fingerprint density at radius 3 is 1.45 bits per heavy atom. The highest BCUT2D eigenvalue weighted by atomic mass is 32.2. The lowest BCUT2D eigenvalue weighted by atomic mass is 10.1. The monoisotopic (exact) mass is 491 g/mol. The zero-order valence-corrected chi connectivity index (χ0v) is 19.5. The van der Waals surface area contributed by atoms with Gasteiger partial charge in [-0.3, -0.25) is 0 Å². The summed E-state index contributed by atoms with van der Waals surface area (Å²) in [5.74, 6) is 0. The second-order valence-electron chi connectivity index (χ2n) is 8.31. The first-order valence-electron chi connectivity index (χ1n) is 10.9. The van der Waals surface area contributed by atoms with Crippen molar-refractivity contribution in [3.05, 3.63) is 52.4 Å². The Hall–Kier alpha value is -2.22. The maximum atomic E-state index is 13.1. The molecule has 2 aromatic rings. The number of fused-ring (bicyclic) bond motifs is 3. The summed E-state index contributed by atoms with van der Waals surface area (Å²) in [7, 11) is -7.41. The van der Waals surface area contributed by atoms with Crippen LogP contribution in [0.2, 0.25) is 0 Å². The highest BCUT2D eigenvalue weighted by Gasteiger charge is 2.35. The van der Waals surface area contributed by atoms with Crippen LogP contribution in [0.4, 0.5) is 0 Å². The third kappa shape index (κ3) is 3.80. The minimum absolute atomic E-state index is 0.110. The molecule has 12 heteroatoms. The molecule has 2 fully saturated rings. The van der Waals surface area contributed by atoms with Crippen LogP contribution in [0.25, 0.3) is 11.1 Å². The van der Waals surface area contributed by atoms with E-state index >= 15 is 0 Å². The van der Waals surface area contributed by atoms with Crippen molar-refractivity contribution < 1.29 is 16.8 Å². The molecule has 33 heavy (non-hydrogen) atoms. The molecule has 10 nitrogen and oxygen atoms in total. The number of piperazine rings is 2. The summed E-state index contributed by atoms with van der Waals surface area (Å²) in [6.07, 6.45) is 0. The summed E-state index contributed by atoms with van der Waals surface area (Å²) < 4.78 is 55.3. The second-order valence-corrected chi connectivity index (χ2v) is 12.2. The van der Waals surface area contributed by atoms with Crippen LogP contribution in [0.5, 0.6) is 0 Å². The van der Waals surface area contributed by atoms with Gasteiger partial charge in [-0.2, -0.15) is 8.61 Å². The van der Waals surface area contributed by atoms with Gasteiger partial charge in [-0.15, -0.1) is 4.91 Å². The predicted molar refractivity (Wildman–Crippen MR) is 123 cm³/mol. The number of rotatable bonds is 5. The third-order valence-electron chi connectivity index (χ3n) is 6.46. The van der Waals surface area contributed by atoms with Crippen molar-refractivity contribution in [2.75, 3.05) is 52.4 Å². The first-order valence-corrected chi connectivity index (χ1v) is 13.7. The van der Waals surface area contributed by atoms with Crippen LogP contribution >= 0.6 is 0 Å². The van der Waals surface area contributed by atoms with Crippen molar-refractivity contribution in [3.8, 4) is 11.1 Å². The van der Waals surface area contributed by atoms with E-state index in [4.69, 9.17) is 0 Å². The van der Waals surface area contributed by atoms with Crippen molar-refractivity contribution in [2.45, 2.75) is 15.8 Å². The van der Waals surface area contributed by atoms with Gasteiger partial charge in [-0.1, -0.05) is 17.3 Å². The van der Waals surface area contributed by atoms with Crippen molar-refractivity contribution in [1.82, 2.24) is 19.2 Å². The molecule has 0 aromatic heterocycles. The first kappa shape index (κ1) is 22.6. The molecule has 2 aliphatic heterocycles. The van der Waals surface area contributed by atoms with Crippen LogP contribution in [0, 0.1) is 4.91 Å². The van der Waals surface area contributed by atoms with Crippen LogP contribution in [0.15, 0.2) is 51.4 Å². The topological polar surface area (TPSA) is 128 Å². The third-order valence-corrected chi connectivity index (χ3v) is 10.2. The minimum atomic E-state index is -3.71. The van der Waals surface area contributed by atoms with Crippen molar-refractivity contribution in [1.29, 1.82) is 0 Å². The summed E-state index contributed by atoms with van der Waals surface area (Å²) in [6, 6.07) is 8.48. The Bertz CT molecular complexity index is 1200. The van der Waals surface area contributed by atoms with Crippen LogP contribution < -0.4 is 10.6 Å². The number of sulfonamides is 2. The Morgan fingerprint density at radius 2 is 1.09 bits per heavy atom. The van der Waals surface area contributed by atoms with E-state index in [9.17, 15) is 21.7 Å². The number of hydrogen-bond donors (Lipinski definition) is 2. The Labute approximate surface area is 193 Å². The maximum absolute atomic E-state index is 13.1. The molecule has 0 amide bonds. The zero-order chi connectivity index (χ0) is 23.2. The Kier molecular flexibility index (Phi) is 5.83. The Morgan fingerprint density at radius 1 is 0.697 bits per heavy atom. The number of nitroso groups, excluding NO2 is 1. The smallest absolute Gasteiger partial charge is 0.243 e. The lowest BCUT2D eigenvalue weighted by Gasteiger charge is -2.26. The molecule has 0 unspecified atom stereocenters. The van der Waals surface area contributed by atoms with Crippen molar-refractivity contribution >= 4 is 20.0 Å². The van der Waals surface area contributed by atoms with Crippen LogP contribution in [0.3, 0.4) is 0 Å². The van der Waals surface area contributed by atoms with Gasteiger partial charge >= 0.3 is 0 Å². The minimum Gasteiger partial charge on any atom is -0.314 e. The highest BCUT2D eigenvalue weighted by molar-refractivity contribution is 7.89. The van der Waals surface area contributed by atoms with E-state index in [1.54, 1.807) is 24.3 Å². The number of nitrogens with zero attached hydrogens (tertiary/aromatic N) is 3.